The first-order chi connectivity index (χ1) is 10.1. The number of likely N-dealkylation sites (N-methyl/N-ethyl adjacent to an activating group) is 1. The van der Waals surface area contributed by atoms with Gasteiger partial charge in [0.2, 0.25) is 5.91 Å². The number of nitrogens with zero attached hydrogens (tertiary/aromatic N) is 1. The summed E-state index contributed by atoms with van der Waals surface area (Å²) < 4.78 is 0. The Morgan fingerprint density at radius 3 is 2.57 bits per heavy atom. The maximum atomic E-state index is 12.5. The predicted molar refractivity (Wildman–Crippen MR) is 80.4 cm³/mol. The third-order valence-electron chi connectivity index (χ3n) is 4.00. The number of aromatic carboxylic acids is 1. The number of carboxylic acids is 1. The van der Waals surface area contributed by atoms with Crippen LogP contribution < -0.4 is 5.32 Å². The van der Waals surface area contributed by atoms with E-state index in [1.54, 1.807) is 24.3 Å². The van der Waals surface area contributed by atoms with Crippen LogP contribution >= 0.6 is 0 Å². The van der Waals surface area contributed by atoms with Crippen LogP contribution in [-0.2, 0) is 11.2 Å². The molecular weight excluding hydrogens is 268 g/mol. The van der Waals surface area contributed by atoms with Gasteiger partial charge in [0.1, 0.15) is 0 Å². The van der Waals surface area contributed by atoms with Gasteiger partial charge in [0.15, 0.2) is 0 Å². The molecule has 0 radical (unpaired) electrons. The molecule has 0 aliphatic carbocycles. The molecule has 2 rings (SSSR count). The Morgan fingerprint density at radius 1 is 1.29 bits per heavy atom. The van der Waals surface area contributed by atoms with Crippen molar-refractivity contribution in [2.75, 3.05) is 19.6 Å². The summed E-state index contributed by atoms with van der Waals surface area (Å²) in [7, 11) is 0. The number of amides is 1. The normalized spacial score (nSPS) is 15.7. The molecule has 1 aliphatic heterocycles. The highest BCUT2D eigenvalue weighted by Crippen LogP contribution is 2.16. The molecular formula is C16H22N2O3. The number of rotatable bonds is 5. The molecule has 0 atom stereocenters. The van der Waals surface area contributed by atoms with Gasteiger partial charge in [-0.1, -0.05) is 18.2 Å². The molecule has 1 aromatic rings. The van der Waals surface area contributed by atoms with Crippen molar-refractivity contribution in [2.24, 2.45) is 0 Å². The van der Waals surface area contributed by atoms with Crippen molar-refractivity contribution in [3.63, 3.8) is 0 Å². The molecule has 21 heavy (non-hydrogen) atoms. The number of carbonyl (C=O) groups is 2. The number of benzene rings is 1. The fourth-order valence-corrected chi connectivity index (χ4v) is 2.90. The summed E-state index contributed by atoms with van der Waals surface area (Å²) >= 11 is 0. The van der Waals surface area contributed by atoms with E-state index in [9.17, 15) is 14.7 Å². The highest BCUT2D eigenvalue weighted by atomic mass is 16.4. The quantitative estimate of drug-likeness (QED) is 0.863. The number of piperidine rings is 1. The molecule has 5 heteroatoms. The second kappa shape index (κ2) is 7.22. The highest BCUT2D eigenvalue weighted by molar-refractivity contribution is 5.91. The Kier molecular flexibility index (Phi) is 5.33. The minimum Gasteiger partial charge on any atom is -0.478 e. The molecule has 0 aromatic heterocycles. The lowest BCUT2D eigenvalue weighted by Crippen LogP contribution is -2.46. The maximum absolute atomic E-state index is 12.5. The minimum atomic E-state index is -0.983. The fraction of sp³-hybridized carbons (Fsp3) is 0.500. The Hall–Kier alpha value is -1.88. The predicted octanol–water partition coefficient (Wildman–Crippen LogP) is 1.53. The summed E-state index contributed by atoms with van der Waals surface area (Å²) in [5.74, 6) is -0.971. The van der Waals surface area contributed by atoms with Crippen LogP contribution in [0.15, 0.2) is 24.3 Å². The van der Waals surface area contributed by atoms with E-state index in [1.165, 1.54) is 0 Å². The molecule has 1 saturated heterocycles. The minimum absolute atomic E-state index is 0.0121. The summed E-state index contributed by atoms with van der Waals surface area (Å²) in [5, 5.41) is 12.5. The Labute approximate surface area is 125 Å². The van der Waals surface area contributed by atoms with Crippen LogP contribution in [0.3, 0.4) is 0 Å². The van der Waals surface area contributed by atoms with Crippen LogP contribution in [0.1, 0.15) is 35.7 Å². The SMILES string of the molecule is CCN(C(=O)Cc1ccccc1C(=O)O)C1CCNCC1. The molecule has 0 bridgehead atoms. The lowest BCUT2D eigenvalue weighted by atomic mass is 10.0. The Morgan fingerprint density at radius 2 is 1.95 bits per heavy atom. The van der Waals surface area contributed by atoms with Crippen LogP contribution in [0.25, 0.3) is 0 Å². The van der Waals surface area contributed by atoms with Gasteiger partial charge in [-0.25, -0.2) is 4.79 Å². The first-order valence-corrected chi connectivity index (χ1v) is 7.45. The van der Waals surface area contributed by atoms with Crippen molar-refractivity contribution in [3.05, 3.63) is 35.4 Å². The molecule has 114 valence electrons. The summed E-state index contributed by atoms with van der Waals surface area (Å²) in [6.45, 7) is 4.50. The molecule has 0 spiro atoms. The third-order valence-corrected chi connectivity index (χ3v) is 4.00. The number of carbonyl (C=O) groups excluding carboxylic acids is 1. The molecule has 1 fully saturated rings. The maximum Gasteiger partial charge on any atom is 0.335 e. The van der Waals surface area contributed by atoms with E-state index in [4.69, 9.17) is 0 Å². The van der Waals surface area contributed by atoms with Crippen LogP contribution in [0.5, 0.6) is 0 Å². The van der Waals surface area contributed by atoms with Crippen molar-refractivity contribution in [2.45, 2.75) is 32.2 Å². The monoisotopic (exact) mass is 290 g/mol. The van der Waals surface area contributed by atoms with Crippen LogP contribution in [-0.4, -0.2) is 47.6 Å². The lowest BCUT2D eigenvalue weighted by molar-refractivity contribution is -0.133. The molecule has 5 nitrogen and oxygen atoms in total. The van der Waals surface area contributed by atoms with E-state index >= 15 is 0 Å². The summed E-state index contributed by atoms with van der Waals surface area (Å²) in [5.41, 5.74) is 0.801. The molecule has 1 aromatic carbocycles. The number of hydrogen-bond donors (Lipinski definition) is 2. The van der Waals surface area contributed by atoms with Gasteiger partial charge < -0.3 is 15.3 Å². The van der Waals surface area contributed by atoms with Gasteiger partial charge in [0.25, 0.3) is 0 Å². The van der Waals surface area contributed by atoms with Crippen molar-refractivity contribution < 1.29 is 14.7 Å². The fourth-order valence-electron chi connectivity index (χ4n) is 2.90. The number of nitrogens with one attached hydrogen (secondary N) is 1. The zero-order valence-corrected chi connectivity index (χ0v) is 12.3. The first-order valence-electron chi connectivity index (χ1n) is 7.45. The van der Waals surface area contributed by atoms with E-state index in [1.807, 2.05) is 11.8 Å². The van der Waals surface area contributed by atoms with E-state index in [0.717, 1.165) is 25.9 Å². The average molecular weight is 290 g/mol. The molecule has 0 saturated carbocycles. The van der Waals surface area contributed by atoms with Gasteiger partial charge in [-0.3, -0.25) is 4.79 Å². The van der Waals surface area contributed by atoms with E-state index in [2.05, 4.69) is 5.32 Å². The van der Waals surface area contributed by atoms with Crippen LogP contribution in [0.2, 0.25) is 0 Å². The van der Waals surface area contributed by atoms with Crippen LogP contribution in [0, 0.1) is 0 Å². The molecule has 1 amide bonds. The lowest BCUT2D eigenvalue weighted by Gasteiger charge is -2.34. The first kappa shape index (κ1) is 15.5. The summed E-state index contributed by atoms with van der Waals surface area (Å²) in [6.07, 6.45) is 2.07. The van der Waals surface area contributed by atoms with Crippen molar-refractivity contribution in [3.8, 4) is 0 Å². The zero-order valence-electron chi connectivity index (χ0n) is 12.3. The second-order valence-electron chi connectivity index (χ2n) is 5.30. The van der Waals surface area contributed by atoms with Crippen molar-refractivity contribution in [1.82, 2.24) is 10.2 Å². The standard InChI is InChI=1S/C16H22N2O3/c1-2-18(13-7-9-17-10-8-13)15(19)11-12-5-3-4-6-14(12)16(20)21/h3-6,13,17H,2,7-11H2,1H3,(H,20,21). The van der Waals surface area contributed by atoms with Crippen LogP contribution in [0.4, 0.5) is 0 Å². The van der Waals surface area contributed by atoms with E-state index in [0.29, 0.717) is 12.1 Å². The van der Waals surface area contributed by atoms with E-state index in [-0.39, 0.29) is 23.9 Å². The smallest absolute Gasteiger partial charge is 0.335 e. The molecule has 1 heterocycles. The van der Waals surface area contributed by atoms with Gasteiger partial charge in [-0.05, 0) is 44.5 Å². The Bertz CT molecular complexity index is 510. The van der Waals surface area contributed by atoms with Gasteiger partial charge in [-0.15, -0.1) is 0 Å². The van der Waals surface area contributed by atoms with Crippen molar-refractivity contribution in [1.29, 1.82) is 0 Å². The van der Waals surface area contributed by atoms with Gasteiger partial charge in [0.05, 0.1) is 12.0 Å². The summed E-state index contributed by atoms with van der Waals surface area (Å²) in [4.78, 5) is 25.6. The largest absolute Gasteiger partial charge is 0.478 e. The second-order valence-corrected chi connectivity index (χ2v) is 5.30. The van der Waals surface area contributed by atoms with Crippen molar-refractivity contribution >= 4 is 11.9 Å². The third kappa shape index (κ3) is 3.82. The molecule has 1 aliphatic rings. The number of hydrogen-bond acceptors (Lipinski definition) is 3. The highest BCUT2D eigenvalue weighted by Gasteiger charge is 2.24. The average Bonchev–Trinajstić information content (AvgIpc) is 2.49. The van der Waals surface area contributed by atoms with Gasteiger partial charge in [0, 0.05) is 12.6 Å². The molecule has 0 unspecified atom stereocenters. The summed E-state index contributed by atoms with van der Waals surface area (Å²) in [6, 6.07) is 6.99. The number of carboxylic acid groups (broad SMARTS) is 1. The van der Waals surface area contributed by atoms with E-state index < -0.39 is 5.97 Å². The zero-order chi connectivity index (χ0) is 15.2. The van der Waals surface area contributed by atoms with Gasteiger partial charge in [-0.2, -0.15) is 0 Å². The Balaban J connectivity index is 2.10. The topological polar surface area (TPSA) is 69.6 Å². The molecule has 2 N–H and O–H groups in total. The van der Waals surface area contributed by atoms with Gasteiger partial charge >= 0.3 is 5.97 Å².